The molecule has 1 atom stereocenters. The highest BCUT2D eigenvalue weighted by Crippen LogP contribution is 2.27. The van der Waals surface area contributed by atoms with E-state index in [-0.39, 0.29) is 11.9 Å². The van der Waals surface area contributed by atoms with Crippen molar-refractivity contribution in [1.82, 2.24) is 24.5 Å². The molecule has 1 saturated heterocycles. The van der Waals surface area contributed by atoms with Crippen LogP contribution in [0.3, 0.4) is 0 Å². The smallest absolute Gasteiger partial charge is 0.254 e. The number of nitrogens with zero attached hydrogens (tertiary/aromatic N) is 6. The first-order chi connectivity index (χ1) is 17.6. The van der Waals surface area contributed by atoms with Crippen LogP contribution in [-0.4, -0.2) is 56.1 Å². The van der Waals surface area contributed by atoms with E-state index in [0.29, 0.717) is 26.1 Å². The molecule has 0 unspecified atom stereocenters. The van der Waals surface area contributed by atoms with Crippen molar-refractivity contribution in [3.63, 3.8) is 0 Å². The fourth-order valence-corrected chi connectivity index (χ4v) is 5.13. The Bertz CT molecular complexity index is 1560. The van der Waals surface area contributed by atoms with Crippen LogP contribution in [0.5, 0.6) is 0 Å². The predicted octanol–water partition coefficient (Wildman–Crippen LogP) is 4.53. The van der Waals surface area contributed by atoms with Crippen molar-refractivity contribution in [2.24, 2.45) is 0 Å². The number of carbonyl (C=O) groups excluding carboxylic acids is 1. The minimum atomic E-state index is 0.0308. The Hall–Kier alpha value is -4.26. The van der Waals surface area contributed by atoms with Crippen molar-refractivity contribution < 1.29 is 4.79 Å². The van der Waals surface area contributed by atoms with Gasteiger partial charge in [-0.25, -0.2) is 9.38 Å². The zero-order valence-electron chi connectivity index (χ0n) is 20.5. The van der Waals surface area contributed by atoms with Crippen LogP contribution in [0.1, 0.15) is 34.2 Å². The number of carbonyl (C=O) groups is 1. The van der Waals surface area contributed by atoms with Crippen LogP contribution in [0.4, 0.5) is 5.95 Å². The van der Waals surface area contributed by atoms with Crippen molar-refractivity contribution >= 4 is 28.4 Å². The molecule has 0 saturated carbocycles. The Labute approximate surface area is 210 Å². The molecule has 6 rings (SSSR count). The van der Waals surface area contributed by atoms with Gasteiger partial charge in [-0.15, -0.1) is 10.2 Å². The van der Waals surface area contributed by atoms with Crippen LogP contribution in [0.15, 0.2) is 78.9 Å². The first kappa shape index (κ1) is 22.2. The number of hydrogen-bond donors (Lipinski definition) is 0. The Balaban J connectivity index is 1.37. The van der Waals surface area contributed by atoms with E-state index in [0.717, 1.165) is 39.4 Å². The number of fused-ring (bicyclic) bond motifs is 3. The van der Waals surface area contributed by atoms with Gasteiger partial charge in [0.05, 0.1) is 5.52 Å². The van der Waals surface area contributed by atoms with Gasteiger partial charge < -0.3 is 9.80 Å². The van der Waals surface area contributed by atoms with Gasteiger partial charge in [0, 0.05) is 43.0 Å². The van der Waals surface area contributed by atoms with E-state index in [1.165, 1.54) is 5.56 Å². The minimum absolute atomic E-state index is 0.0308. The molecule has 0 radical (unpaired) electrons. The summed E-state index contributed by atoms with van der Waals surface area (Å²) in [5, 5.41) is 10.2. The summed E-state index contributed by atoms with van der Waals surface area (Å²) in [7, 11) is 0. The van der Waals surface area contributed by atoms with Gasteiger partial charge in [0.15, 0.2) is 5.65 Å². The predicted molar refractivity (Wildman–Crippen MR) is 141 cm³/mol. The van der Waals surface area contributed by atoms with E-state index in [1.807, 2.05) is 78.6 Å². The number of para-hydroxylation sites is 1. The van der Waals surface area contributed by atoms with Gasteiger partial charge in [-0.2, -0.15) is 0 Å². The molecule has 1 fully saturated rings. The standard InChI is InChI=1S/C29H28N6O/c1-20-10-6-7-13-23(20)28(36)34-17-16-33(19-21(34)2)29-30-25-15-9-8-14-24(25)27-32-31-26(35(27)29)18-22-11-4-3-5-12-22/h3-15,21H,16-19H2,1-2H3/t21-/m1/s1. The maximum atomic E-state index is 13.3. The summed E-state index contributed by atoms with van der Waals surface area (Å²) in [6.07, 6.45) is 0.663. The molecular formula is C29H28N6O. The molecule has 5 aromatic rings. The molecule has 0 aliphatic carbocycles. The molecule has 1 amide bonds. The van der Waals surface area contributed by atoms with Gasteiger partial charge in [-0.05, 0) is 43.2 Å². The van der Waals surface area contributed by atoms with Crippen LogP contribution in [0.25, 0.3) is 16.6 Å². The van der Waals surface area contributed by atoms with E-state index in [9.17, 15) is 4.79 Å². The summed E-state index contributed by atoms with van der Waals surface area (Å²) >= 11 is 0. The highest BCUT2D eigenvalue weighted by atomic mass is 16.2. The summed E-state index contributed by atoms with van der Waals surface area (Å²) in [4.78, 5) is 22.7. The zero-order valence-corrected chi connectivity index (χ0v) is 20.5. The van der Waals surface area contributed by atoms with Gasteiger partial charge in [0.25, 0.3) is 5.91 Å². The van der Waals surface area contributed by atoms with E-state index in [4.69, 9.17) is 4.98 Å². The van der Waals surface area contributed by atoms with Crippen molar-refractivity contribution in [3.05, 3.63) is 101 Å². The maximum Gasteiger partial charge on any atom is 0.254 e. The topological polar surface area (TPSA) is 66.6 Å². The third kappa shape index (κ3) is 3.86. The number of aromatic nitrogens is 4. The molecule has 0 N–H and O–H groups in total. The Morgan fingerprint density at radius 3 is 2.47 bits per heavy atom. The second-order valence-electron chi connectivity index (χ2n) is 9.48. The Morgan fingerprint density at radius 1 is 0.917 bits per heavy atom. The fourth-order valence-electron chi connectivity index (χ4n) is 5.13. The van der Waals surface area contributed by atoms with Gasteiger partial charge in [-0.3, -0.25) is 4.79 Å². The maximum absolute atomic E-state index is 13.3. The van der Waals surface area contributed by atoms with Gasteiger partial charge in [0.1, 0.15) is 5.82 Å². The first-order valence-corrected chi connectivity index (χ1v) is 12.4. The second-order valence-corrected chi connectivity index (χ2v) is 9.48. The first-order valence-electron chi connectivity index (χ1n) is 12.4. The van der Waals surface area contributed by atoms with Crippen molar-refractivity contribution in [3.8, 4) is 0 Å². The molecule has 7 heteroatoms. The molecule has 3 aromatic carbocycles. The summed E-state index contributed by atoms with van der Waals surface area (Å²) < 4.78 is 2.10. The zero-order chi connectivity index (χ0) is 24.6. The lowest BCUT2D eigenvalue weighted by atomic mass is 10.1. The van der Waals surface area contributed by atoms with Crippen LogP contribution >= 0.6 is 0 Å². The van der Waals surface area contributed by atoms with Gasteiger partial charge in [0.2, 0.25) is 5.95 Å². The molecule has 1 aliphatic heterocycles. The Morgan fingerprint density at radius 2 is 1.67 bits per heavy atom. The fraction of sp³-hybridized carbons (Fsp3) is 0.241. The van der Waals surface area contributed by atoms with Crippen LogP contribution in [0.2, 0.25) is 0 Å². The SMILES string of the molecule is Cc1ccccc1C(=O)N1CCN(c2nc3ccccc3c3nnc(Cc4ccccc4)n23)C[C@H]1C. The quantitative estimate of drug-likeness (QED) is 0.381. The van der Waals surface area contributed by atoms with Crippen molar-refractivity contribution in [1.29, 1.82) is 0 Å². The Kier molecular flexibility index (Phi) is 5.60. The summed E-state index contributed by atoms with van der Waals surface area (Å²) in [6.45, 7) is 6.09. The number of aryl methyl sites for hydroxylation is 1. The summed E-state index contributed by atoms with van der Waals surface area (Å²) in [6, 6.07) is 26.2. The minimum Gasteiger partial charge on any atom is -0.338 e. The molecule has 0 bridgehead atoms. The van der Waals surface area contributed by atoms with Gasteiger partial charge >= 0.3 is 0 Å². The highest BCUT2D eigenvalue weighted by Gasteiger charge is 2.31. The van der Waals surface area contributed by atoms with Crippen LogP contribution in [0, 0.1) is 6.92 Å². The van der Waals surface area contributed by atoms with E-state index < -0.39 is 0 Å². The average Bonchev–Trinajstić information content (AvgIpc) is 3.32. The second kappa shape index (κ2) is 9.07. The van der Waals surface area contributed by atoms with E-state index >= 15 is 0 Å². The monoisotopic (exact) mass is 476 g/mol. The molecule has 1 aliphatic rings. The van der Waals surface area contributed by atoms with Crippen LogP contribution in [-0.2, 0) is 6.42 Å². The summed E-state index contributed by atoms with van der Waals surface area (Å²) in [5.41, 5.74) is 4.66. The lowest BCUT2D eigenvalue weighted by Gasteiger charge is -2.40. The van der Waals surface area contributed by atoms with Crippen LogP contribution < -0.4 is 4.90 Å². The molecule has 2 aromatic heterocycles. The largest absolute Gasteiger partial charge is 0.338 e. The van der Waals surface area contributed by atoms with Crippen molar-refractivity contribution in [2.75, 3.05) is 24.5 Å². The molecule has 3 heterocycles. The number of piperazine rings is 1. The number of anilines is 1. The molecule has 180 valence electrons. The highest BCUT2D eigenvalue weighted by molar-refractivity contribution is 5.96. The molecular weight excluding hydrogens is 448 g/mol. The third-order valence-corrected chi connectivity index (χ3v) is 7.05. The lowest BCUT2D eigenvalue weighted by molar-refractivity contribution is 0.0672. The number of hydrogen-bond acceptors (Lipinski definition) is 5. The molecule has 0 spiro atoms. The lowest BCUT2D eigenvalue weighted by Crippen LogP contribution is -2.54. The third-order valence-electron chi connectivity index (χ3n) is 7.05. The average molecular weight is 477 g/mol. The number of benzene rings is 3. The number of amides is 1. The van der Waals surface area contributed by atoms with Crippen molar-refractivity contribution in [2.45, 2.75) is 26.3 Å². The van der Waals surface area contributed by atoms with Gasteiger partial charge in [-0.1, -0.05) is 60.7 Å². The summed E-state index contributed by atoms with van der Waals surface area (Å²) in [5.74, 6) is 1.77. The normalized spacial score (nSPS) is 16.1. The number of rotatable bonds is 4. The van der Waals surface area contributed by atoms with E-state index in [2.05, 4.69) is 38.6 Å². The molecule has 36 heavy (non-hydrogen) atoms. The van der Waals surface area contributed by atoms with E-state index in [1.54, 1.807) is 0 Å². The molecule has 7 nitrogen and oxygen atoms in total.